The third kappa shape index (κ3) is 3.12. The van der Waals surface area contributed by atoms with Gasteiger partial charge in [-0.05, 0) is 63.6 Å². The van der Waals surface area contributed by atoms with Gasteiger partial charge in [-0.2, -0.15) is 5.10 Å². The van der Waals surface area contributed by atoms with Crippen LogP contribution in [0.4, 0.5) is 0 Å². The van der Waals surface area contributed by atoms with E-state index >= 15 is 0 Å². The molecular formula is C16H26N4O. The van der Waals surface area contributed by atoms with Crippen molar-refractivity contribution < 1.29 is 4.79 Å². The van der Waals surface area contributed by atoms with Gasteiger partial charge >= 0.3 is 0 Å². The molecular weight excluding hydrogens is 264 g/mol. The number of aryl methyl sites for hydroxylation is 2. The van der Waals surface area contributed by atoms with Crippen molar-refractivity contribution in [2.45, 2.75) is 32.6 Å². The number of hydrogen-bond acceptors (Lipinski definition) is 3. The van der Waals surface area contributed by atoms with Crippen LogP contribution < -0.4 is 5.32 Å². The second-order valence-corrected chi connectivity index (χ2v) is 6.51. The van der Waals surface area contributed by atoms with Crippen LogP contribution in [0.2, 0.25) is 0 Å². The first-order chi connectivity index (χ1) is 10.1. The average Bonchev–Trinajstić information content (AvgIpc) is 2.87. The maximum Gasteiger partial charge on any atom is 0.274 e. The number of carbonyl (C=O) groups excluding carboxylic acids is 1. The van der Waals surface area contributed by atoms with Crippen molar-refractivity contribution in [2.24, 2.45) is 18.9 Å². The van der Waals surface area contributed by atoms with Crippen LogP contribution >= 0.6 is 0 Å². The molecule has 0 atom stereocenters. The summed E-state index contributed by atoms with van der Waals surface area (Å²) in [5.74, 6) is 1.77. The Morgan fingerprint density at radius 2 is 1.81 bits per heavy atom. The molecule has 1 N–H and O–H groups in total. The molecule has 0 saturated carbocycles. The number of carbonyl (C=O) groups is 1. The maximum absolute atomic E-state index is 12.5. The third-order valence-corrected chi connectivity index (χ3v) is 5.21. The van der Waals surface area contributed by atoms with Gasteiger partial charge in [0.25, 0.3) is 5.91 Å². The molecule has 2 aliphatic heterocycles. The van der Waals surface area contributed by atoms with Gasteiger partial charge in [0.05, 0.1) is 0 Å². The topological polar surface area (TPSA) is 50.2 Å². The fourth-order valence-corrected chi connectivity index (χ4v) is 3.72. The van der Waals surface area contributed by atoms with Crippen LogP contribution in [0.1, 0.15) is 41.9 Å². The molecule has 1 amide bonds. The van der Waals surface area contributed by atoms with Crippen LogP contribution in [0, 0.1) is 18.8 Å². The zero-order chi connectivity index (χ0) is 14.8. The first kappa shape index (κ1) is 14.6. The minimum Gasteiger partial charge on any atom is -0.337 e. The fraction of sp³-hybridized carbons (Fsp3) is 0.750. The molecule has 0 unspecified atom stereocenters. The van der Waals surface area contributed by atoms with Crippen molar-refractivity contribution in [3.05, 3.63) is 17.5 Å². The van der Waals surface area contributed by atoms with Crippen molar-refractivity contribution in [3.63, 3.8) is 0 Å². The van der Waals surface area contributed by atoms with Gasteiger partial charge in [0.2, 0.25) is 0 Å². The highest BCUT2D eigenvalue weighted by Crippen LogP contribution is 2.31. The van der Waals surface area contributed by atoms with Gasteiger partial charge in [0, 0.05) is 25.8 Å². The van der Waals surface area contributed by atoms with Crippen molar-refractivity contribution in [3.8, 4) is 0 Å². The van der Waals surface area contributed by atoms with Gasteiger partial charge in [-0.1, -0.05) is 0 Å². The van der Waals surface area contributed by atoms with Crippen molar-refractivity contribution in [2.75, 3.05) is 26.2 Å². The normalized spacial score (nSPS) is 21.7. The molecule has 116 valence electrons. The monoisotopic (exact) mass is 290 g/mol. The zero-order valence-electron chi connectivity index (χ0n) is 13.1. The molecule has 3 heterocycles. The number of rotatable bonds is 2. The van der Waals surface area contributed by atoms with E-state index in [2.05, 4.69) is 10.4 Å². The summed E-state index contributed by atoms with van der Waals surface area (Å²) in [7, 11) is 1.88. The second kappa shape index (κ2) is 6.18. The van der Waals surface area contributed by atoms with Gasteiger partial charge in [-0.15, -0.1) is 0 Å². The molecule has 0 aliphatic carbocycles. The number of aromatic nitrogens is 2. The summed E-state index contributed by atoms with van der Waals surface area (Å²) < 4.78 is 1.77. The number of hydrogen-bond donors (Lipinski definition) is 1. The predicted molar refractivity (Wildman–Crippen MR) is 82.2 cm³/mol. The SMILES string of the molecule is Cc1cc(C(=O)N2CCC(C3CCNCC3)CC2)nn1C. The van der Waals surface area contributed by atoms with Crippen LogP contribution in [0.15, 0.2) is 6.07 Å². The summed E-state index contributed by atoms with van der Waals surface area (Å²) in [6.45, 7) is 6.09. The predicted octanol–water partition coefficient (Wildman–Crippen LogP) is 1.58. The summed E-state index contributed by atoms with van der Waals surface area (Å²) in [5, 5.41) is 7.75. The van der Waals surface area contributed by atoms with Gasteiger partial charge in [0.15, 0.2) is 5.69 Å². The maximum atomic E-state index is 12.5. The average molecular weight is 290 g/mol. The van der Waals surface area contributed by atoms with E-state index in [4.69, 9.17) is 0 Å². The van der Waals surface area contributed by atoms with Crippen LogP contribution in [-0.2, 0) is 7.05 Å². The molecule has 0 bridgehead atoms. The van der Waals surface area contributed by atoms with Crippen LogP contribution in [0.3, 0.4) is 0 Å². The van der Waals surface area contributed by atoms with E-state index in [0.29, 0.717) is 5.69 Å². The van der Waals surface area contributed by atoms with Crippen molar-refractivity contribution >= 4 is 5.91 Å². The molecule has 0 aromatic carbocycles. The minimum absolute atomic E-state index is 0.0995. The molecule has 0 radical (unpaired) electrons. The van der Waals surface area contributed by atoms with Crippen molar-refractivity contribution in [1.82, 2.24) is 20.0 Å². The van der Waals surface area contributed by atoms with E-state index in [0.717, 1.165) is 56.6 Å². The lowest BCUT2D eigenvalue weighted by Gasteiger charge is -2.37. The Kier molecular flexibility index (Phi) is 4.29. The molecule has 5 nitrogen and oxygen atoms in total. The Labute approximate surface area is 126 Å². The number of amides is 1. The molecule has 0 spiro atoms. The quantitative estimate of drug-likeness (QED) is 0.899. The lowest BCUT2D eigenvalue weighted by Crippen LogP contribution is -2.42. The summed E-state index contributed by atoms with van der Waals surface area (Å²) >= 11 is 0. The molecule has 21 heavy (non-hydrogen) atoms. The fourth-order valence-electron chi connectivity index (χ4n) is 3.72. The third-order valence-electron chi connectivity index (χ3n) is 5.21. The largest absolute Gasteiger partial charge is 0.337 e. The number of nitrogens with zero attached hydrogens (tertiary/aromatic N) is 3. The van der Waals surface area contributed by atoms with E-state index in [-0.39, 0.29) is 5.91 Å². The summed E-state index contributed by atoms with van der Waals surface area (Å²) in [4.78, 5) is 14.5. The molecule has 2 saturated heterocycles. The Hall–Kier alpha value is -1.36. The second-order valence-electron chi connectivity index (χ2n) is 6.51. The summed E-state index contributed by atoms with van der Waals surface area (Å²) in [5.41, 5.74) is 1.62. The number of piperidine rings is 2. The number of nitrogens with one attached hydrogen (secondary N) is 1. The smallest absolute Gasteiger partial charge is 0.274 e. The highest BCUT2D eigenvalue weighted by atomic mass is 16.2. The molecule has 2 fully saturated rings. The van der Waals surface area contributed by atoms with E-state index in [1.165, 1.54) is 12.8 Å². The van der Waals surface area contributed by atoms with Crippen molar-refractivity contribution in [1.29, 1.82) is 0 Å². The summed E-state index contributed by atoms with van der Waals surface area (Å²) in [6, 6.07) is 1.89. The lowest BCUT2D eigenvalue weighted by molar-refractivity contribution is 0.0635. The molecule has 1 aromatic heterocycles. The van der Waals surface area contributed by atoms with Gasteiger partial charge in [-0.25, -0.2) is 0 Å². The van der Waals surface area contributed by atoms with Gasteiger partial charge < -0.3 is 10.2 Å². The van der Waals surface area contributed by atoms with Crippen LogP contribution in [0.25, 0.3) is 0 Å². The van der Waals surface area contributed by atoms with E-state index in [1.807, 2.05) is 24.9 Å². The highest BCUT2D eigenvalue weighted by molar-refractivity contribution is 5.92. The Balaban J connectivity index is 1.56. The molecule has 5 heteroatoms. The first-order valence-corrected chi connectivity index (χ1v) is 8.16. The van der Waals surface area contributed by atoms with E-state index < -0.39 is 0 Å². The Morgan fingerprint density at radius 3 is 2.38 bits per heavy atom. The Morgan fingerprint density at radius 1 is 1.19 bits per heavy atom. The molecule has 2 aliphatic rings. The number of likely N-dealkylation sites (tertiary alicyclic amines) is 1. The van der Waals surface area contributed by atoms with E-state index in [1.54, 1.807) is 4.68 Å². The molecule has 1 aromatic rings. The summed E-state index contributed by atoms with van der Waals surface area (Å²) in [6.07, 6.45) is 4.92. The standard InChI is InChI=1S/C16H26N4O/c1-12-11-15(18-19(12)2)16(21)20-9-5-14(6-10-20)13-3-7-17-8-4-13/h11,13-14,17H,3-10H2,1-2H3. The van der Waals surface area contributed by atoms with Gasteiger partial charge in [-0.3, -0.25) is 9.48 Å². The van der Waals surface area contributed by atoms with E-state index in [9.17, 15) is 4.79 Å². The highest BCUT2D eigenvalue weighted by Gasteiger charge is 2.30. The minimum atomic E-state index is 0.0995. The first-order valence-electron chi connectivity index (χ1n) is 8.16. The van der Waals surface area contributed by atoms with Gasteiger partial charge in [0.1, 0.15) is 0 Å². The lowest BCUT2D eigenvalue weighted by atomic mass is 9.79. The zero-order valence-corrected chi connectivity index (χ0v) is 13.1. The van der Waals surface area contributed by atoms with Crippen LogP contribution in [-0.4, -0.2) is 46.8 Å². The molecule has 3 rings (SSSR count). The Bertz CT molecular complexity index is 477. The van der Waals surface area contributed by atoms with Crippen LogP contribution in [0.5, 0.6) is 0 Å².